The lowest BCUT2D eigenvalue weighted by molar-refractivity contribution is -0.121. The molecule has 0 saturated heterocycles. The van der Waals surface area contributed by atoms with E-state index in [2.05, 4.69) is 12.2 Å². The zero-order valence-corrected chi connectivity index (χ0v) is 12.3. The Bertz CT molecular complexity index is 422. The van der Waals surface area contributed by atoms with E-state index < -0.39 is 0 Å². The van der Waals surface area contributed by atoms with E-state index in [0.717, 1.165) is 17.7 Å². The first kappa shape index (κ1) is 16.3. The minimum Gasteiger partial charge on any atom is -0.493 e. The molecule has 0 saturated carbocycles. The van der Waals surface area contributed by atoms with Crippen LogP contribution in [0.3, 0.4) is 0 Å². The average molecular weight is 280 g/mol. The summed E-state index contributed by atoms with van der Waals surface area (Å²) >= 11 is 0. The summed E-state index contributed by atoms with van der Waals surface area (Å²) < 4.78 is 11.2. The third kappa shape index (κ3) is 5.48. The summed E-state index contributed by atoms with van der Waals surface area (Å²) in [5.41, 5.74) is 6.59. The van der Waals surface area contributed by atoms with E-state index in [0.29, 0.717) is 38.5 Å². The molecule has 0 aliphatic rings. The van der Waals surface area contributed by atoms with Gasteiger partial charge in [-0.1, -0.05) is 13.0 Å². The van der Waals surface area contributed by atoms with Gasteiger partial charge in [0.2, 0.25) is 5.91 Å². The molecule has 0 aliphatic heterocycles. The Morgan fingerprint density at radius 2 is 2.05 bits per heavy atom. The maximum absolute atomic E-state index is 11.4. The number of carbonyl (C=O) groups excluding carboxylic acids is 1. The molecule has 5 nitrogen and oxygen atoms in total. The fourth-order valence-corrected chi connectivity index (χ4v) is 1.69. The van der Waals surface area contributed by atoms with E-state index in [1.165, 1.54) is 0 Å². The summed E-state index contributed by atoms with van der Waals surface area (Å²) in [5.74, 6) is 1.43. The lowest BCUT2D eigenvalue weighted by Gasteiger charge is -2.12. The first-order valence-corrected chi connectivity index (χ1v) is 7.06. The number of carbonyl (C=O) groups is 1. The summed E-state index contributed by atoms with van der Waals surface area (Å²) in [6, 6.07) is 5.61. The molecular weight excluding hydrogens is 256 g/mol. The van der Waals surface area contributed by atoms with Gasteiger partial charge in [0.25, 0.3) is 0 Å². The molecule has 3 N–H and O–H groups in total. The highest BCUT2D eigenvalue weighted by atomic mass is 16.5. The summed E-state index contributed by atoms with van der Waals surface area (Å²) in [4.78, 5) is 11.4. The molecule has 5 heteroatoms. The van der Waals surface area contributed by atoms with Crippen LogP contribution in [-0.2, 0) is 11.3 Å². The van der Waals surface area contributed by atoms with Crippen molar-refractivity contribution in [3.05, 3.63) is 23.8 Å². The van der Waals surface area contributed by atoms with Crippen molar-refractivity contribution in [2.45, 2.75) is 33.2 Å². The Morgan fingerprint density at radius 3 is 2.70 bits per heavy atom. The molecule has 1 amide bonds. The molecule has 112 valence electrons. The molecule has 0 aromatic heterocycles. The van der Waals surface area contributed by atoms with Crippen LogP contribution in [0.25, 0.3) is 0 Å². The lowest BCUT2D eigenvalue weighted by atomic mass is 10.2. The number of ether oxygens (including phenoxy) is 2. The standard InChI is InChI=1S/C15H24N2O3/c1-3-8-19-13-6-5-12(11-16)14(10-13)20-9-7-15(18)17-4-2/h5-6,10H,3-4,7-9,11,16H2,1-2H3,(H,17,18). The highest BCUT2D eigenvalue weighted by Gasteiger charge is 2.06. The van der Waals surface area contributed by atoms with Gasteiger partial charge in [-0.2, -0.15) is 0 Å². The molecule has 1 aromatic rings. The average Bonchev–Trinajstić information content (AvgIpc) is 2.45. The Hall–Kier alpha value is -1.75. The summed E-state index contributed by atoms with van der Waals surface area (Å²) in [6.07, 6.45) is 1.28. The van der Waals surface area contributed by atoms with E-state index in [9.17, 15) is 4.79 Å². The van der Waals surface area contributed by atoms with Crippen LogP contribution < -0.4 is 20.5 Å². The second-order valence-corrected chi connectivity index (χ2v) is 4.37. The van der Waals surface area contributed by atoms with Gasteiger partial charge in [0.15, 0.2) is 0 Å². The van der Waals surface area contributed by atoms with Gasteiger partial charge in [0.05, 0.1) is 19.6 Å². The van der Waals surface area contributed by atoms with Crippen molar-refractivity contribution in [2.24, 2.45) is 5.73 Å². The normalized spacial score (nSPS) is 10.2. The van der Waals surface area contributed by atoms with Gasteiger partial charge in [0, 0.05) is 24.7 Å². The zero-order valence-electron chi connectivity index (χ0n) is 12.3. The van der Waals surface area contributed by atoms with Gasteiger partial charge < -0.3 is 20.5 Å². The molecule has 0 heterocycles. The number of hydrogen-bond donors (Lipinski definition) is 2. The lowest BCUT2D eigenvalue weighted by Crippen LogP contribution is -2.24. The molecule has 0 atom stereocenters. The Balaban J connectivity index is 2.59. The van der Waals surface area contributed by atoms with Crippen LogP contribution in [0.1, 0.15) is 32.3 Å². The Kier molecular flexibility index (Phi) is 7.50. The predicted octanol–water partition coefficient (Wildman–Crippen LogP) is 1.84. The van der Waals surface area contributed by atoms with Crippen LogP contribution in [0.15, 0.2) is 18.2 Å². The van der Waals surface area contributed by atoms with Gasteiger partial charge in [-0.25, -0.2) is 0 Å². The smallest absolute Gasteiger partial charge is 0.223 e. The van der Waals surface area contributed by atoms with Crippen LogP contribution in [0.2, 0.25) is 0 Å². The molecule has 0 fully saturated rings. The quantitative estimate of drug-likeness (QED) is 0.724. The fraction of sp³-hybridized carbons (Fsp3) is 0.533. The summed E-state index contributed by atoms with van der Waals surface area (Å²) in [5, 5.41) is 2.73. The van der Waals surface area contributed by atoms with Crippen LogP contribution in [0, 0.1) is 0 Å². The molecule has 1 rings (SSSR count). The molecule has 0 unspecified atom stereocenters. The third-order valence-corrected chi connectivity index (χ3v) is 2.69. The monoisotopic (exact) mass is 280 g/mol. The molecule has 0 bridgehead atoms. The Labute approximate surface area is 120 Å². The molecule has 0 aliphatic carbocycles. The molecular formula is C15H24N2O3. The molecule has 0 spiro atoms. The van der Waals surface area contributed by atoms with E-state index in [4.69, 9.17) is 15.2 Å². The maximum atomic E-state index is 11.4. The number of amides is 1. The topological polar surface area (TPSA) is 73.6 Å². The predicted molar refractivity (Wildman–Crippen MR) is 78.9 cm³/mol. The fourth-order valence-electron chi connectivity index (χ4n) is 1.69. The number of benzene rings is 1. The minimum atomic E-state index is -0.0137. The largest absolute Gasteiger partial charge is 0.493 e. The van der Waals surface area contributed by atoms with Crippen molar-refractivity contribution >= 4 is 5.91 Å². The van der Waals surface area contributed by atoms with Gasteiger partial charge >= 0.3 is 0 Å². The Morgan fingerprint density at radius 1 is 1.25 bits per heavy atom. The third-order valence-electron chi connectivity index (χ3n) is 2.69. The van der Waals surface area contributed by atoms with E-state index in [1.54, 1.807) is 0 Å². The van der Waals surface area contributed by atoms with Crippen LogP contribution in [0.5, 0.6) is 11.5 Å². The van der Waals surface area contributed by atoms with E-state index >= 15 is 0 Å². The van der Waals surface area contributed by atoms with Crippen molar-refractivity contribution in [3.63, 3.8) is 0 Å². The molecule has 1 aromatic carbocycles. The summed E-state index contributed by atoms with van der Waals surface area (Å²) in [7, 11) is 0. The maximum Gasteiger partial charge on any atom is 0.223 e. The van der Waals surface area contributed by atoms with Gasteiger partial charge in [-0.3, -0.25) is 4.79 Å². The highest BCUT2D eigenvalue weighted by Crippen LogP contribution is 2.25. The van der Waals surface area contributed by atoms with Crippen molar-refractivity contribution in [1.82, 2.24) is 5.32 Å². The number of nitrogens with two attached hydrogens (primary N) is 1. The van der Waals surface area contributed by atoms with Crippen molar-refractivity contribution in [3.8, 4) is 11.5 Å². The van der Waals surface area contributed by atoms with Crippen LogP contribution in [0.4, 0.5) is 0 Å². The van der Waals surface area contributed by atoms with Crippen molar-refractivity contribution in [1.29, 1.82) is 0 Å². The van der Waals surface area contributed by atoms with Crippen LogP contribution in [-0.4, -0.2) is 25.7 Å². The van der Waals surface area contributed by atoms with Crippen molar-refractivity contribution < 1.29 is 14.3 Å². The molecule has 0 radical (unpaired) electrons. The second kappa shape index (κ2) is 9.20. The van der Waals surface area contributed by atoms with Crippen LogP contribution >= 0.6 is 0 Å². The van der Waals surface area contributed by atoms with E-state index in [1.807, 2.05) is 25.1 Å². The van der Waals surface area contributed by atoms with Gasteiger partial charge in [0.1, 0.15) is 11.5 Å². The zero-order chi connectivity index (χ0) is 14.8. The highest BCUT2D eigenvalue weighted by molar-refractivity contribution is 5.75. The van der Waals surface area contributed by atoms with E-state index in [-0.39, 0.29) is 5.91 Å². The minimum absolute atomic E-state index is 0.0137. The second-order valence-electron chi connectivity index (χ2n) is 4.37. The number of nitrogens with one attached hydrogen (secondary N) is 1. The van der Waals surface area contributed by atoms with Gasteiger partial charge in [-0.15, -0.1) is 0 Å². The SMILES string of the molecule is CCCOc1ccc(CN)c(OCCC(=O)NCC)c1. The molecule has 20 heavy (non-hydrogen) atoms. The first-order valence-electron chi connectivity index (χ1n) is 7.06. The number of hydrogen-bond acceptors (Lipinski definition) is 4. The van der Waals surface area contributed by atoms with Crippen molar-refractivity contribution in [2.75, 3.05) is 19.8 Å². The summed E-state index contributed by atoms with van der Waals surface area (Å²) in [6.45, 7) is 5.96. The van der Waals surface area contributed by atoms with Gasteiger partial charge in [-0.05, 0) is 19.4 Å². The first-order chi connectivity index (χ1) is 9.71. The number of rotatable bonds is 9.